The molecule has 116 valence electrons. The summed E-state index contributed by atoms with van der Waals surface area (Å²) in [7, 11) is 0. The zero-order valence-corrected chi connectivity index (χ0v) is 13.2. The second kappa shape index (κ2) is 7.87. The van der Waals surface area contributed by atoms with Gasteiger partial charge < -0.3 is 9.47 Å². The molecular weight excluding hydrogens is 288 g/mol. The second-order valence-electron chi connectivity index (χ2n) is 5.28. The lowest BCUT2D eigenvalue weighted by Gasteiger charge is -2.17. The average Bonchev–Trinajstić information content (AvgIpc) is 2.56. The molecule has 0 spiro atoms. The van der Waals surface area contributed by atoms with Crippen LogP contribution < -0.4 is 0 Å². The van der Waals surface area contributed by atoms with Crippen LogP contribution in [-0.4, -0.2) is 0 Å². The Balaban J connectivity index is 2.34. The Morgan fingerprint density at radius 3 is 1.57 bits per heavy atom. The van der Waals surface area contributed by atoms with Gasteiger partial charge in [-0.1, -0.05) is 48.5 Å². The van der Waals surface area contributed by atoms with Gasteiger partial charge in [0, 0.05) is 0 Å². The topological polar surface area (TPSA) is 66.0 Å². The van der Waals surface area contributed by atoms with Crippen molar-refractivity contribution in [2.24, 2.45) is 0 Å². The number of hydrogen-bond donors (Lipinski definition) is 0. The van der Waals surface area contributed by atoms with Crippen molar-refractivity contribution >= 4 is 0 Å². The quantitative estimate of drug-likeness (QED) is 0.742. The van der Waals surface area contributed by atoms with Crippen LogP contribution in [0, 0.1) is 23.0 Å². The molecule has 2 atom stereocenters. The first kappa shape index (κ1) is 16.4. The third-order valence-electron chi connectivity index (χ3n) is 3.83. The zero-order chi connectivity index (χ0) is 16.7. The van der Waals surface area contributed by atoms with Crippen molar-refractivity contribution in [3.63, 3.8) is 0 Å². The van der Waals surface area contributed by atoms with Crippen molar-refractivity contribution in [2.45, 2.75) is 32.5 Å². The lowest BCUT2D eigenvalue weighted by atomic mass is 9.93. The van der Waals surface area contributed by atoms with Gasteiger partial charge in [0.25, 0.3) is 12.5 Å². The molecule has 2 rings (SSSR count). The Labute approximate surface area is 136 Å². The largest absolute Gasteiger partial charge is 0.420 e. The minimum absolute atomic E-state index is 0.295. The van der Waals surface area contributed by atoms with Crippen molar-refractivity contribution in [1.82, 2.24) is 0 Å². The van der Waals surface area contributed by atoms with E-state index in [1.807, 2.05) is 62.4 Å². The van der Waals surface area contributed by atoms with Gasteiger partial charge in [-0.2, -0.15) is 10.5 Å². The van der Waals surface area contributed by atoms with Crippen LogP contribution in [0.2, 0.25) is 0 Å². The van der Waals surface area contributed by atoms with Crippen LogP contribution in [0.3, 0.4) is 0 Å². The molecule has 0 radical (unpaired) electrons. The van der Waals surface area contributed by atoms with E-state index in [0.29, 0.717) is 6.42 Å². The third-order valence-corrected chi connectivity index (χ3v) is 3.83. The molecule has 0 amide bonds. The first-order chi connectivity index (χ1) is 11.2. The zero-order valence-electron chi connectivity index (χ0n) is 13.2. The molecular formula is C19H18N2O2. The summed E-state index contributed by atoms with van der Waals surface area (Å²) in [6, 6.07) is 15.8. The van der Waals surface area contributed by atoms with Gasteiger partial charge in [0.1, 0.15) is 12.2 Å². The molecule has 0 heterocycles. The summed E-state index contributed by atoms with van der Waals surface area (Å²) in [6.07, 6.45) is 3.59. The molecule has 0 aliphatic carbocycles. The monoisotopic (exact) mass is 306 g/mol. The summed E-state index contributed by atoms with van der Waals surface area (Å²) >= 11 is 0. The molecule has 0 saturated heterocycles. The molecule has 0 saturated carbocycles. The van der Waals surface area contributed by atoms with Crippen LogP contribution in [-0.2, 0) is 15.9 Å². The summed E-state index contributed by atoms with van der Waals surface area (Å²) < 4.78 is 10.1. The summed E-state index contributed by atoms with van der Waals surface area (Å²) in [5.74, 6) is 0. The van der Waals surface area contributed by atoms with Gasteiger partial charge in [-0.25, -0.2) is 0 Å². The van der Waals surface area contributed by atoms with Crippen LogP contribution in [0.15, 0.2) is 48.5 Å². The van der Waals surface area contributed by atoms with E-state index in [1.54, 1.807) is 12.5 Å². The molecule has 0 aromatic heterocycles. The molecule has 4 nitrogen and oxygen atoms in total. The van der Waals surface area contributed by atoms with E-state index in [1.165, 1.54) is 0 Å². The number of nitriles is 2. The SMILES string of the molecule is CC(OC#N)c1ccccc1Cc1ccccc1C(C)OC#N. The van der Waals surface area contributed by atoms with E-state index < -0.39 is 0 Å². The van der Waals surface area contributed by atoms with Crippen LogP contribution in [0.25, 0.3) is 0 Å². The van der Waals surface area contributed by atoms with Gasteiger partial charge in [0.15, 0.2) is 0 Å². The Hall–Kier alpha value is -2.98. The molecule has 2 aromatic carbocycles. The summed E-state index contributed by atoms with van der Waals surface area (Å²) in [6.45, 7) is 3.71. The summed E-state index contributed by atoms with van der Waals surface area (Å²) in [4.78, 5) is 0. The maximum absolute atomic E-state index is 8.74. The molecule has 2 unspecified atom stereocenters. The molecule has 4 heteroatoms. The maximum Gasteiger partial charge on any atom is 0.286 e. The molecule has 2 aromatic rings. The second-order valence-corrected chi connectivity index (χ2v) is 5.28. The smallest absolute Gasteiger partial charge is 0.286 e. The van der Waals surface area contributed by atoms with Gasteiger partial charge in [-0.05, 0) is 42.5 Å². The van der Waals surface area contributed by atoms with E-state index in [-0.39, 0.29) is 12.2 Å². The van der Waals surface area contributed by atoms with Crippen molar-refractivity contribution in [1.29, 1.82) is 10.5 Å². The number of hydrogen-bond acceptors (Lipinski definition) is 4. The number of rotatable bonds is 6. The van der Waals surface area contributed by atoms with Crippen molar-refractivity contribution in [2.75, 3.05) is 0 Å². The maximum atomic E-state index is 8.74. The summed E-state index contributed by atoms with van der Waals surface area (Å²) in [5.41, 5.74) is 4.15. The van der Waals surface area contributed by atoms with E-state index in [2.05, 4.69) is 0 Å². The van der Waals surface area contributed by atoms with Crippen molar-refractivity contribution in [3.05, 3.63) is 70.8 Å². The fourth-order valence-electron chi connectivity index (χ4n) is 2.67. The average molecular weight is 306 g/mol. The lowest BCUT2D eigenvalue weighted by molar-refractivity contribution is 0.181. The van der Waals surface area contributed by atoms with Gasteiger partial charge in [-0.3, -0.25) is 0 Å². The molecule has 0 N–H and O–H groups in total. The minimum Gasteiger partial charge on any atom is -0.420 e. The van der Waals surface area contributed by atoms with Gasteiger partial charge >= 0.3 is 0 Å². The molecule has 0 aliphatic heterocycles. The van der Waals surface area contributed by atoms with Crippen LogP contribution in [0.1, 0.15) is 48.3 Å². The van der Waals surface area contributed by atoms with E-state index in [0.717, 1.165) is 22.3 Å². The Morgan fingerprint density at radius 2 is 1.17 bits per heavy atom. The highest BCUT2D eigenvalue weighted by molar-refractivity contribution is 5.38. The first-order valence-electron chi connectivity index (χ1n) is 7.42. The number of ether oxygens (including phenoxy) is 2. The van der Waals surface area contributed by atoms with E-state index >= 15 is 0 Å². The Kier molecular flexibility index (Phi) is 5.61. The van der Waals surface area contributed by atoms with Crippen LogP contribution >= 0.6 is 0 Å². The van der Waals surface area contributed by atoms with Gasteiger partial charge in [-0.15, -0.1) is 0 Å². The van der Waals surface area contributed by atoms with Crippen molar-refractivity contribution < 1.29 is 9.47 Å². The highest BCUT2D eigenvalue weighted by Crippen LogP contribution is 2.27. The molecule has 0 fully saturated rings. The molecule has 23 heavy (non-hydrogen) atoms. The Bertz CT molecular complexity index is 680. The summed E-state index contributed by atoms with van der Waals surface area (Å²) in [5, 5.41) is 17.5. The standard InChI is InChI=1S/C19H18N2O2/c1-14(22-12-20)18-9-5-3-7-16(18)11-17-8-4-6-10-19(17)15(2)23-13-21/h3-10,14-15H,11H2,1-2H3. The fourth-order valence-corrected chi connectivity index (χ4v) is 2.67. The predicted molar refractivity (Wildman–Crippen MR) is 85.9 cm³/mol. The van der Waals surface area contributed by atoms with Gasteiger partial charge in [0.2, 0.25) is 0 Å². The highest BCUT2D eigenvalue weighted by atomic mass is 16.5. The van der Waals surface area contributed by atoms with Crippen LogP contribution in [0.5, 0.6) is 0 Å². The van der Waals surface area contributed by atoms with E-state index in [4.69, 9.17) is 20.0 Å². The lowest BCUT2D eigenvalue weighted by Crippen LogP contribution is -2.05. The van der Waals surface area contributed by atoms with Crippen molar-refractivity contribution in [3.8, 4) is 12.5 Å². The minimum atomic E-state index is -0.295. The highest BCUT2D eigenvalue weighted by Gasteiger charge is 2.15. The van der Waals surface area contributed by atoms with Crippen LogP contribution in [0.4, 0.5) is 0 Å². The van der Waals surface area contributed by atoms with E-state index in [9.17, 15) is 0 Å². The normalized spacial score (nSPS) is 12.5. The predicted octanol–water partition coefficient (Wildman–Crippen LogP) is 4.39. The molecule has 0 bridgehead atoms. The number of benzene rings is 2. The number of nitrogens with zero attached hydrogens (tertiary/aromatic N) is 2. The van der Waals surface area contributed by atoms with Gasteiger partial charge in [0.05, 0.1) is 0 Å². The molecule has 0 aliphatic rings. The fraction of sp³-hybridized carbons (Fsp3) is 0.263. The Morgan fingerprint density at radius 1 is 0.783 bits per heavy atom. The first-order valence-corrected chi connectivity index (χ1v) is 7.42. The third kappa shape index (κ3) is 4.02.